The van der Waals surface area contributed by atoms with Gasteiger partial charge in [-0.05, 0) is 36.1 Å². The summed E-state index contributed by atoms with van der Waals surface area (Å²) in [5.41, 5.74) is 2.76. The number of hydrogen-bond acceptors (Lipinski definition) is 5. The molecule has 0 radical (unpaired) electrons. The number of methoxy groups -OCH3 is 1. The van der Waals surface area contributed by atoms with Crippen LogP contribution in [0.15, 0.2) is 24.5 Å². The number of aromatic nitrogens is 2. The SMILES string of the molecule is COC(=O)C1(NC(C)=O)CCc2cc3nccnc3cc2C1. The van der Waals surface area contributed by atoms with E-state index in [0.29, 0.717) is 19.3 Å². The number of nitrogens with zero attached hydrogens (tertiary/aromatic N) is 2. The van der Waals surface area contributed by atoms with Crippen LogP contribution >= 0.6 is 0 Å². The smallest absolute Gasteiger partial charge is 0.331 e. The molecule has 1 aliphatic carbocycles. The molecule has 6 nitrogen and oxygen atoms in total. The van der Waals surface area contributed by atoms with Gasteiger partial charge in [-0.3, -0.25) is 14.8 Å². The van der Waals surface area contributed by atoms with E-state index in [4.69, 9.17) is 4.74 Å². The van der Waals surface area contributed by atoms with Crippen molar-refractivity contribution in [3.8, 4) is 0 Å². The molecule has 1 unspecified atom stereocenters. The molecule has 0 spiro atoms. The van der Waals surface area contributed by atoms with Crippen molar-refractivity contribution in [2.45, 2.75) is 31.7 Å². The molecule has 0 saturated heterocycles. The van der Waals surface area contributed by atoms with Crippen molar-refractivity contribution in [3.63, 3.8) is 0 Å². The van der Waals surface area contributed by atoms with Crippen molar-refractivity contribution in [2.75, 3.05) is 7.11 Å². The molecule has 1 heterocycles. The van der Waals surface area contributed by atoms with Crippen LogP contribution < -0.4 is 5.32 Å². The average molecular weight is 299 g/mol. The minimum atomic E-state index is -0.997. The number of nitrogens with one attached hydrogen (secondary N) is 1. The average Bonchev–Trinajstić information content (AvgIpc) is 2.51. The molecule has 1 aromatic carbocycles. The van der Waals surface area contributed by atoms with Crippen molar-refractivity contribution in [3.05, 3.63) is 35.7 Å². The number of amides is 1. The number of aryl methyl sites for hydroxylation is 1. The Labute approximate surface area is 127 Å². The van der Waals surface area contributed by atoms with Crippen LogP contribution in [0.1, 0.15) is 24.5 Å². The third kappa shape index (κ3) is 2.41. The zero-order valence-electron chi connectivity index (χ0n) is 12.5. The second-order valence-electron chi connectivity index (χ2n) is 5.60. The van der Waals surface area contributed by atoms with Gasteiger partial charge in [0.05, 0.1) is 18.1 Å². The highest BCUT2D eigenvalue weighted by atomic mass is 16.5. The predicted molar refractivity (Wildman–Crippen MR) is 80.1 cm³/mol. The van der Waals surface area contributed by atoms with Crippen LogP contribution in [0.25, 0.3) is 11.0 Å². The van der Waals surface area contributed by atoms with Gasteiger partial charge in [0.25, 0.3) is 0 Å². The van der Waals surface area contributed by atoms with Gasteiger partial charge in [0.15, 0.2) is 0 Å². The third-order valence-electron chi connectivity index (χ3n) is 4.10. The molecule has 0 fully saturated rings. The van der Waals surface area contributed by atoms with Crippen molar-refractivity contribution in [1.29, 1.82) is 0 Å². The van der Waals surface area contributed by atoms with Gasteiger partial charge in [0.1, 0.15) is 5.54 Å². The standard InChI is InChI=1S/C16H17N3O3/c1-10(20)19-16(15(21)22-2)4-3-11-7-13-14(8-12(11)9-16)18-6-5-17-13/h5-8H,3-4,9H2,1-2H3,(H,19,20). The summed E-state index contributed by atoms with van der Waals surface area (Å²) in [6, 6.07) is 3.95. The normalized spacial score (nSPS) is 20.3. The number of carbonyl (C=O) groups excluding carboxylic acids is 2. The van der Waals surface area contributed by atoms with Crippen molar-refractivity contribution in [1.82, 2.24) is 15.3 Å². The molecule has 0 aliphatic heterocycles. The first-order valence-corrected chi connectivity index (χ1v) is 7.14. The van der Waals surface area contributed by atoms with E-state index in [1.807, 2.05) is 12.1 Å². The highest BCUT2D eigenvalue weighted by Gasteiger charge is 2.43. The van der Waals surface area contributed by atoms with Gasteiger partial charge in [-0.15, -0.1) is 0 Å². The van der Waals surface area contributed by atoms with Gasteiger partial charge < -0.3 is 10.1 Å². The first-order chi connectivity index (χ1) is 10.5. The molecule has 1 aliphatic rings. The molecule has 3 rings (SSSR count). The summed E-state index contributed by atoms with van der Waals surface area (Å²) >= 11 is 0. The predicted octanol–water partition coefficient (Wildman–Crippen LogP) is 1.17. The van der Waals surface area contributed by atoms with E-state index < -0.39 is 11.5 Å². The number of carbonyl (C=O) groups is 2. The van der Waals surface area contributed by atoms with Gasteiger partial charge in [0, 0.05) is 25.7 Å². The summed E-state index contributed by atoms with van der Waals surface area (Å²) in [5, 5.41) is 2.79. The molecule has 22 heavy (non-hydrogen) atoms. The third-order valence-corrected chi connectivity index (χ3v) is 4.10. The van der Waals surface area contributed by atoms with E-state index in [0.717, 1.165) is 22.2 Å². The highest BCUT2D eigenvalue weighted by Crippen LogP contribution is 2.32. The first-order valence-electron chi connectivity index (χ1n) is 7.14. The second-order valence-corrected chi connectivity index (χ2v) is 5.60. The number of esters is 1. The maximum Gasteiger partial charge on any atom is 0.331 e. The number of ether oxygens (including phenoxy) is 1. The van der Waals surface area contributed by atoms with E-state index in [1.165, 1.54) is 14.0 Å². The summed E-state index contributed by atoms with van der Waals surface area (Å²) in [4.78, 5) is 32.4. The van der Waals surface area contributed by atoms with E-state index in [2.05, 4.69) is 15.3 Å². The minimum absolute atomic E-state index is 0.241. The fourth-order valence-corrected chi connectivity index (χ4v) is 3.12. The maximum absolute atomic E-state index is 12.2. The lowest BCUT2D eigenvalue weighted by molar-refractivity contribution is -0.151. The van der Waals surface area contributed by atoms with Crippen LogP contribution in [0.2, 0.25) is 0 Å². The van der Waals surface area contributed by atoms with Crippen LogP contribution in [0.5, 0.6) is 0 Å². The molecule has 1 aromatic heterocycles. The number of rotatable bonds is 2. The molecular formula is C16H17N3O3. The van der Waals surface area contributed by atoms with Gasteiger partial charge in [0.2, 0.25) is 5.91 Å². The van der Waals surface area contributed by atoms with Crippen LogP contribution in [-0.4, -0.2) is 34.5 Å². The Balaban J connectivity index is 2.05. The molecule has 2 aromatic rings. The van der Waals surface area contributed by atoms with Crippen LogP contribution in [0.4, 0.5) is 0 Å². The Bertz CT molecular complexity index is 759. The minimum Gasteiger partial charge on any atom is -0.467 e. The molecule has 1 amide bonds. The Morgan fingerprint density at radius 3 is 2.41 bits per heavy atom. The fourth-order valence-electron chi connectivity index (χ4n) is 3.12. The van der Waals surface area contributed by atoms with Crippen molar-refractivity contribution < 1.29 is 14.3 Å². The summed E-state index contributed by atoms with van der Waals surface area (Å²) in [5.74, 6) is -0.651. The Hall–Kier alpha value is -2.50. The lowest BCUT2D eigenvalue weighted by Crippen LogP contribution is -2.57. The summed E-state index contributed by atoms with van der Waals surface area (Å²) in [6.07, 6.45) is 4.89. The maximum atomic E-state index is 12.2. The Kier molecular flexibility index (Phi) is 3.52. The van der Waals surface area contributed by atoms with Gasteiger partial charge >= 0.3 is 5.97 Å². The first kappa shape index (κ1) is 14.4. The lowest BCUT2D eigenvalue weighted by Gasteiger charge is -2.36. The molecule has 1 N–H and O–H groups in total. The van der Waals surface area contributed by atoms with Gasteiger partial charge in [-0.1, -0.05) is 0 Å². The summed E-state index contributed by atoms with van der Waals surface area (Å²) in [6.45, 7) is 1.41. The van der Waals surface area contributed by atoms with Crippen molar-refractivity contribution >= 4 is 22.9 Å². The molecular weight excluding hydrogens is 282 g/mol. The number of hydrogen-bond donors (Lipinski definition) is 1. The molecule has 0 bridgehead atoms. The zero-order chi connectivity index (χ0) is 15.7. The second kappa shape index (κ2) is 5.36. The van der Waals surface area contributed by atoms with Crippen LogP contribution in [-0.2, 0) is 27.2 Å². The number of fused-ring (bicyclic) bond motifs is 2. The van der Waals surface area contributed by atoms with E-state index in [1.54, 1.807) is 12.4 Å². The van der Waals surface area contributed by atoms with Gasteiger partial charge in [-0.2, -0.15) is 0 Å². The highest BCUT2D eigenvalue weighted by molar-refractivity contribution is 5.88. The largest absolute Gasteiger partial charge is 0.467 e. The Morgan fingerprint density at radius 2 is 1.82 bits per heavy atom. The van der Waals surface area contributed by atoms with Gasteiger partial charge in [-0.25, -0.2) is 4.79 Å². The van der Waals surface area contributed by atoms with Crippen LogP contribution in [0.3, 0.4) is 0 Å². The van der Waals surface area contributed by atoms with E-state index >= 15 is 0 Å². The van der Waals surface area contributed by atoms with Crippen molar-refractivity contribution in [2.24, 2.45) is 0 Å². The zero-order valence-corrected chi connectivity index (χ0v) is 12.5. The molecule has 114 valence electrons. The summed E-state index contributed by atoms with van der Waals surface area (Å²) < 4.78 is 4.91. The lowest BCUT2D eigenvalue weighted by atomic mass is 9.77. The van der Waals surface area contributed by atoms with E-state index in [9.17, 15) is 9.59 Å². The van der Waals surface area contributed by atoms with E-state index in [-0.39, 0.29) is 5.91 Å². The number of benzene rings is 1. The molecule has 1 atom stereocenters. The molecule has 0 saturated carbocycles. The molecule has 6 heteroatoms. The topological polar surface area (TPSA) is 81.2 Å². The van der Waals surface area contributed by atoms with Crippen LogP contribution in [0, 0.1) is 0 Å². The Morgan fingerprint density at radius 1 is 1.18 bits per heavy atom. The fraction of sp³-hybridized carbons (Fsp3) is 0.375. The monoisotopic (exact) mass is 299 g/mol. The summed E-state index contributed by atoms with van der Waals surface area (Å²) in [7, 11) is 1.34. The quantitative estimate of drug-likeness (QED) is 0.842.